The molecule has 3 nitrogen and oxygen atoms in total. The molecule has 0 amide bonds. The molecule has 0 radical (unpaired) electrons. The molecule has 1 aromatic carbocycles. The molecule has 0 saturated carbocycles. The van der Waals surface area contributed by atoms with Crippen molar-refractivity contribution < 1.29 is 9.13 Å². The SMILES string of the molecule is COC1CCN(c2c(F)cccc2CNCC(C)C)C1. The maximum atomic E-state index is 14.2. The van der Waals surface area contributed by atoms with Gasteiger partial charge in [0.05, 0.1) is 11.8 Å². The molecule has 112 valence electrons. The van der Waals surface area contributed by atoms with Crippen LogP contribution in [0.4, 0.5) is 10.1 Å². The fraction of sp³-hybridized carbons (Fsp3) is 0.625. The molecule has 20 heavy (non-hydrogen) atoms. The molecule has 0 spiro atoms. The number of nitrogens with zero attached hydrogens (tertiary/aromatic N) is 1. The van der Waals surface area contributed by atoms with E-state index in [2.05, 4.69) is 24.1 Å². The Balaban J connectivity index is 2.10. The summed E-state index contributed by atoms with van der Waals surface area (Å²) in [5, 5.41) is 3.39. The maximum Gasteiger partial charge on any atom is 0.146 e. The fourth-order valence-electron chi connectivity index (χ4n) is 2.68. The van der Waals surface area contributed by atoms with Gasteiger partial charge < -0.3 is 15.0 Å². The number of halogens is 1. The zero-order chi connectivity index (χ0) is 14.5. The highest BCUT2D eigenvalue weighted by Gasteiger charge is 2.25. The predicted octanol–water partition coefficient (Wildman–Crippen LogP) is 2.80. The van der Waals surface area contributed by atoms with Crippen molar-refractivity contribution in [1.82, 2.24) is 5.32 Å². The highest BCUT2D eigenvalue weighted by molar-refractivity contribution is 5.55. The van der Waals surface area contributed by atoms with E-state index in [-0.39, 0.29) is 11.9 Å². The van der Waals surface area contributed by atoms with E-state index in [1.807, 2.05) is 6.07 Å². The third kappa shape index (κ3) is 3.70. The number of benzene rings is 1. The van der Waals surface area contributed by atoms with E-state index in [0.29, 0.717) is 12.5 Å². The second-order valence-corrected chi connectivity index (χ2v) is 5.86. The molecule has 1 aliphatic heterocycles. The highest BCUT2D eigenvalue weighted by atomic mass is 19.1. The third-order valence-corrected chi connectivity index (χ3v) is 3.73. The molecule has 0 aliphatic carbocycles. The summed E-state index contributed by atoms with van der Waals surface area (Å²) >= 11 is 0. The lowest BCUT2D eigenvalue weighted by Crippen LogP contribution is -2.26. The topological polar surface area (TPSA) is 24.5 Å². The minimum atomic E-state index is -0.134. The van der Waals surface area contributed by atoms with Crippen LogP contribution < -0.4 is 10.2 Å². The zero-order valence-corrected chi connectivity index (χ0v) is 12.7. The second-order valence-electron chi connectivity index (χ2n) is 5.86. The van der Waals surface area contributed by atoms with Gasteiger partial charge in [-0.2, -0.15) is 0 Å². The average molecular weight is 280 g/mol. The standard InChI is InChI=1S/C16H25FN2O/c1-12(2)9-18-10-13-5-4-6-15(17)16(13)19-8-7-14(11-19)20-3/h4-6,12,14,18H,7-11H2,1-3H3. The number of hydrogen-bond acceptors (Lipinski definition) is 3. The number of rotatable bonds is 6. The van der Waals surface area contributed by atoms with Crippen molar-refractivity contribution in [3.05, 3.63) is 29.6 Å². The van der Waals surface area contributed by atoms with Gasteiger partial charge in [-0.1, -0.05) is 26.0 Å². The molecular weight excluding hydrogens is 255 g/mol. The molecule has 1 heterocycles. The summed E-state index contributed by atoms with van der Waals surface area (Å²) in [4.78, 5) is 2.11. The van der Waals surface area contributed by atoms with Crippen LogP contribution in [-0.2, 0) is 11.3 Å². The van der Waals surface area contributed by atoms with Gasteiger partial charge in [-0.25, -0.2) is 4.39 Å². The van der Waals surface area contributed by atoms with E-state index in [0.717, 1.165) is 37.3 Å². The van der Waals surface area contributed by atoms with E-state index in [4.69, 9.17) is 4.74 Å². The Morgan fingerprint density at radius 1 is 1.45 bits per heavy atom. The maximum absolute atomic E-state index is 14.2. The van der Waals surface area contributed by atoms with Gasteiger partial charge in [0, 0.05) is 26.7 Å². The Bertz CT molecular complexity index is 436. The monoisotopic (exact) mass is 280 g/mol. The Kier molecular flexibility index (Phi) is 5.38. The van der Waals surface area contributed by atoms with Gasteiger partial charge in [0.2, 0.25) is 0 Å². The Morgan fingerprint density at radius 3 is 2.90 bits per heavy atom. The van der Waals surface area contributed by atoms with E-state index in [9.17, 15) is 4.39 Å². The summed E-state index contributed by atoms with van der Waals surface area (Å²) < 4.78 is 19.6. The van der Waals surface area contributed by atoms with Gasteiger partial charge in [-0.15, -0.1) is 0 Å². The van der Waals surface area contributed by atoms with Crippen LogP contribution in [0.2, 0.25) is 0 Å². The second kappa shape index (κ2) is 7.04. The van der Waals surface area contributed by atoms with Crippen LogP contribution in [0.1, 0.15) is 25.8 Å². The molecule has 1 aromatic rings. The number of para-hydroxylation sites is 1. The van der Waals surface area contributed by atoms with E-state index < -0.39 is 0 Å². The molecule has 1 atom stereocenters. The molecule has 1 fully saturated rings. The van der Waals surface area contributed by atoms with Gasteiger partial charge in [0.25, 0.3) is 0 Å². The van der Waals surface area contributed by atoms with Crippen LogP contribution in [0, 0.1) is 11.7 Å². The summed E-state index contributed by atoms with van der Waals surface area (Å²) in [5.41, 5.74) is 1.77. The minimum Gasteiger partial charge on any atom is -0.380 e. The van der Waals surface area contributed by atoms with Crippen molar-refractivity contribution in [2.75, 3.05) is 31.6 Å². The first-order chi connectivity index (χ1) is 9.61. The van der Waals surface area contributed by atoms with Crippen molar-refractivity contribution in [1.29, 1.82) is 0 Å². The van der Waals surface area contributed by atoms with Gasteiger partial charge in [-0.05, 0) is 30.5 Å². The lowest BCUT2D eigenvalue weighted by atomic mass is 10.1. The first-order valence-corrected chi connectivity index (χ1v) is 7.37. The summed E-state index contributed by atoms with van der Waals surface area (Å²) in [6, 6.07) is 5.34. The van der Waals surface area contributed by atoms with Gasteiger partial charge >= 0.3 is 0 Å². The van der Waals surface area contributed by atoms with Gasteiger partial charge in [0.15, 0.2) is 0 Å². The van der Waals surface area contributed by atoms with Crippen molar-refractivity contribution in [3.8, 4) is 0 Å². The number of ether oxygens (including phenoxy) is 1. The first-order valence-electron chi connectivity index (χ1n) is 7.37. The number of hydrogen-bond donors (Lipinski definition) is 1. The smallest absolute Gasteiger partial charge is 0.146 e. The molecule has 2 rings (SSSR count). The summed E-state index contributed by atoms with van der Waals surface area (Å²) in [7, 11) is 1.72. The Morgan fingerprint density at radius 2 is 2.25 bits per heavy atom. The number of methoxy groups -OCH3 is 1. The van der Waals surface area contributed by atoms with Crippen LogP contribution >= 0.6 is 0 Å². The molecule has 4 heteroatoms. The van der Waals surface area contributed by atoms with Crippen molar-refractivity contribution in [3.63, 3.8) is 0 Å². The molecule has 1 saturated heterocycles. The largest absolute Gasteiger partial charge is 0.380 e. The number of anilines is 1. The molecular formula is C16H25FN2O. The lowest BCUT2D eigenvalue weighted by Gasteiger charge is -2.23. The molecule has 1 N–H and O–H groups in total. The van der Waals surface area contributed by atoms with Crippen LogP contribution in [0.5, 0.6) is 0 Å². The normalized spacial score (nSPS) is 19.1. The molecule has 0 aromatic heterocycles. The van der Waals surface area contributed by atoms with Crippen molar-refractivity contribution >= 4 is 5.69 Å². The Labute approximate surface area is 121 Å². The quantitative estimate of drug-likeness (QED) is 0.867. The summed E-state index contributed by atoms with van der Waals surface area (Å²) in [6.07, 6.45) is 1.18. The van der Waals surface area contributed by atoms with Crippen molar-refractivity contribution in [2.24, 2.45) is 5.92 Å². The highest BCUT2D eigenvalue weighted by Crippen LogP contribution is 2.28. The van der Waals surface area contributed by atoms with Crippen LogP contribution in [0.15, 0.2) is 18.2 Å². The van der Waals surface area contributed by atoms with Crippen LogP contribution in [0.25, 0.3) is 0 Å². The van der Waals surface area contributed by atoms with E-state index >= 15 is 0 Å². The lowest BCUT2D eigenvalue weighted by molar-refractivity contribution is 0.121. The molecule has 0 bridgehead atoms. The zero-order valence-electron chi connectivity index (χ0n) is 12.7. The fourth-order valence-corrected chi connectivity index (χ4v) is 2.68. The first kappa shape index (κ1) is 15.3. The summed E-state index contributed by atoms with van der Waals surface area (Å²) in [5.74, 6) is 0.460. The van der Waals surface area contributed by atoms with E-state index in [1.54, 1.807) is 19.2 Å². The predicted molar refractivity (Wildman–Crippen MR) is 80.6 cm³/mol. The van der Waals surface area contributed by atoms with E-state index in [1.165, 1.54) is 0 Å². The Hall–Kier alpha value is -1.13. The van der Waals surface area contributed by atoms with Crippen molar-refractivity contribution in [2.45, 2.75) is 32.9 Å². The van der Waals surface area contributed by atoms with Crippen LogP contribution in [-0.4, -0.2) is 32.8 Å². The minimum absolute atomic E-state index is 0.134. The molecule has 1 unspecified atom stereocenters. The van der Waals surface area contributed by atoms with Gasteiger partial charge in [-0.3, -0.25) is 0 Å². The third-order valence-electron chi connectivity index (χ3n) is 3.73. The van der Waals surface area contributed by atoms with Crippen LogP contribution in [0.3, 0.4) is 0 Å². The molecule has 1 aliphatic rings. The average Bonchev–Trinajstić information content (AvgIpc) is 2.87. The number of nitrogens with one attached hydrogen (secondary N) is 1. The summed E-state index contributed by atoms with van der Waals surface area (Å²) in [6.45, 7) is 7.62. The van der Waals surface area contributed by atoms with Gasteiger partial charge in [0.1, 0.15) is 5.82 Å².